The third-order valence-electron chi connectivity index (χ3n) is 5.79. The van der Waals surface area contributed by atoms with Crippen molar-refractivity contribution in [1.82, 2.24) is 25.3 Å². The summed E-state index contributed by atoms with van der Waals surface area (Å²) >= 11 is 0. The lowest BCUT2D eigenvalue weighted by atomic mass is 10.1. The van der Waals surface area contributed by atoms with E-state index in [1.54, 1.807) is 0 Å². The summed E-state index contributed by atoms with van der Waals surface area (Å²) < 4.78 is 0. The van der Waals surface area contributed by atoms with E-state index in [1.165, 1.54) is 11.1 Å². The van der Waals surface area contributed by atoms with Crippen LogP contribution in [0.2, 0.25) is 0 Å². The number of H-pyrrole nitrogens is 2. The van der Waals surface area contributed by atoms with Crippen molar-refractivity contribution >= 4 is 46.4 Å². The van der Waals surface area contributed by atoms with Crippen LogP contribution in [0.4, 0.5) is 0 Å². The minimum atomic E-state index is 0.915. The van der Waals surface area contributed by atoms with Gasteiger partial charge >= 0.3 is 0 Å². The lowest BCUT2D eigenvalue weighted by molar-refractivity contribution is 0.765. The number of fused-ring (bicyclic) bond motifs is 9. The summed E-state index contributed by atoms with van der Waals surface area (Å²) in [5, 5.41) is 3.29. The van der Waals surface area contributed by atoms with Crippen LogP contribution < -0.4 is 5.32 Å². The molecule has 0 spiro atoms. The van der Waals surface area contributed by atoms with E-state index < -0.39 is 0 Å². The first-order valence-corrected chi connectivity index (χ1v) is 11.1. The average Bonchev–Trinajstić information content (AvgIpc) is 3.63. The number of hydrogen-bond acceptors (Lipinski definition) is 3. The van der Waals surface area contributed by atoms with Crippen molar-refractivity contribution in [2.24, 2.45) is 0 Å². The topological polar surface area (TPSA) is 69.4 Å². The molecule has 4 aromatic rings. The van der Waals surface area contributed by atoms with Crippen molar-refractivity contribution in [3.8, 4) is 0 Å². The van der Waals surface area contributed by atoms with Gasteiger partial charge in [0, 0.05) is 35.2 Å². The fraction of sp³-hybridized carbons (Fsp3) is 0.0714. The lowest BCUT2D eigenvalue weighted by Gasteiger charge is -1.91. The summed E-state index contributed by atoms with van der Waals surface area (Å²) in [6, 6.07) is 24.9. The number of aromatic nitrogens is 4. The Kier molecular flexibility index (Phi) is 4.94. The van der Waals surface area contributed by atoms with Crippen molar-refractivity contribution in [3.63, 3.8) is 0 Å². The van der Waals surface area contributed by atoms with Crippen LogP contribution >= 0.6 is 0 Å². The molecular formula is C28H23N5. The van der Waals surface area contributed by atoms with Gasteiger partial charge in [-0.2, -0.15) is 0 Å². The van der Waals surface area contributed by atoms with Gasteiger partial charge in [0.1, 0.15) is 0 Å². The molecule has 6 heterocycles. The monoisotopic (exact) mass is 429 g/mol. The van der Waals surface area contributed by atoms with Gasteiger partial charge in [0.15, 0.2) is 0 Å². The molecule has 0 amide bonds. The number of aromatic amines is 2. The highest BCUT2D eigenvalue weighted by Gasteiger charge is 2.06. The van der Waals surface area contributed by atoms with Crippen LogP contribution in [0.5, 0.6) is 0 Å². The highest BCUT2D eigenvalue weighted by molar-refractivity contribution is 5.77. The third kappa shape index (κ3) is 4.40. The first kappa shape index (κ1) is 19.5. The molecule has 5 nitrogen and oxygen atoms in total. The van der Waals surface area contributed by atoms with E-state index in [0.29, 0.717) is 0 Å². The van der Waals surface area contributed by atoms with E-state index in [9.17, 15) is 0 Å². The van der Waals surface area contributed by atoms with Crippen LogP contribution in [0, 0.1) is 0 Å². The predicted molar refractivity (Wildman–Crippen MR) is 136 cm³/mol. The largest absolute Gasteiger partial charge is 0.355 e. The summed E-state index contributed by atoms with van der Waals surface area (Å²) in [6.45, 7) is 2.10. The highest BCUT2D eigenvalue weighted by atomic mass is 14.9. The Labute approximate surface area is 191 Å². The Morgan fingerprint density at radius 2 is 0.909 bits per heavy atom. The molecule has 0 radical (unpaired) electrons. The first-order valence-electron chi connectivity index (χ1n) is 11.1. The fourth-order valence-electron chi connectivity index (χ4n) is 4.18. The van der Waals surface area contributed by atoms with Crippen LogP contribution in [0.25, 0.3) is 46.4 Å². The van der Waals surface area contributed by atoms with Gasteiger partial charge in [-0.1, -0.05) is 24.3 Å². The zero-order valence-corrected chi connectivity index (χ0v) is 18.0. The zero-order chi connectivity index (χ0) is 22.0. The molecule has 8 bridgehead atoms. The molecule has 0 saturated heterocycles. The van der Waals surface area contributed by atoms with Crippen molar-refractivity contribution in [1.29, 1.82) is 0 Å². The average molecular weight is 430 g/mol. The molecule has 7 rings (SSSR count). The van der Waals surface area contributed by atoms with E-state index in [1.807, 2.05) is 42.5 Å². The summed E-state index contributed by atoms with van der Waals surface area (Å²) in [5.41, 5.74) is 10.8. The molecule has 160 valence electrons. The smallest absolute Gasteiger partial charge is 0.0659 e. The number of hydrogen-bond donors (Lipinski definition) is 3. The maximum atomic E-state index is 4.62. The first-order chi connectivity index (χ1) is 16.3. The maximum absolute atomic E-state index is 4.62. The van der Waals surface area contributed by atoms with Crippen LogP contribution in [-0.2, 0) is 13.1 Å². The van der Waals surface area contributed by atoms with Crippen molar-refractivity contribution in [2.45, 2.75) is 13.1 Å². The highest BCUT2D eigenvalue weighted by Crippen LogP contribution is 2.17. The van der Waals surface area contributed by atoms with E-state index in [4.69, 9.17) is 0 Å². The molecule has 1 aromatic carbocycles. The Morgan fingerprint density at radius 3 is 1.39 bits per heavy atom. The summed E-state index contributed by atoms with van der Waals surface area (Å²) in [7, 11) is 0. The second-order valence-electron chi connectivity index (χ2n) is 8.28. The van der Waals surface area contributed by atoms with Crippen LogP contribution in [0.1, 0.15) is 33.9 Å². The molecule has 0 saturated carbocycles. The minimum absolute atomic E-state index is 0.915. The summed E-state index contributed by atoms with van der Waals surface area (Å²) in [6.07, 6.45) is 8.05. The number of benzene rings is 1. The number of rotatable bonds is 0. The third-order valence-corrected chi connectivity index (χ3v) is 5.79. The SMILES string of the molecule is C1=Cc2cc3ccc(cc4ccc(cc5nc(cc1n2)C=C5)[nH]4)[nH]3.c1ccc2c(c1)CNC2. The van der Waals surface area contributed by atoms with Crippen LogP contribution in [0.3, 0.4) is 0 Å². The van der Waals surface area contributed by atoms with Gasteiger partial charge in [-0.15, -0.1) is 0 Å². The molecule has 3 aromatic heterocycles. The van der Waals surface area contributed by atoms with Crippen molar-refractivity contribution in [2.75, 3.05) is 0 Å². The molecular weight excluding hydrogens is 406 g/mol. The van der Waals surface area contributed by atoms with Gasteiger partial charge < -0.3 is 15.3 Å². The van der Waals surface area contributed by atoms with Gasteiger partial charge in [-0.05, 0) is 84.0 Å². The standard InChI is InChI=1S/C20H14N4.C8H9N/c1-2-14-10-16-5-6-18(23-16)12-20-8-7-19(24-20)11-17-4-3-15(22-17)9-13(1)21-14;1-2-4-8-6-9-5-7(8)3-1/h1-12,21-22H;1-4,9H,5-6H2. The van der Waals surface area contributed by atoms with Crippen molar-refractivity contribution in [3.05, 3.63) is 107 Å². The van der Waals surface area contributed by atoms with E-state index in [-0.39, 0.29) is 0 Å². The zero-order valence-electron chi connectivity index (χ0n) is 18.0. The maximum Gasteiger partial charge on any atom is 0.0659 e. The Bertz CT molecular complexity index is 1440. The summed E-state index contributed by atoms with van der Waals surface area (Å²) in [4.78, 5) is 16.0. The Morgan fingerprint density at radius 1 is 0.485 bits per heavy atom. The fourth-order valence-corrected chi connectivity index (χ4v) is 4.18. The van der Waals surface area contributed by atoms with Gasteiger partial charge in [0.25, 0.3) is 0 Å². The molecule has 3 N–H and O–H groups in total. The predicted octanol–water partition coefficient (Wildman–Crippen LogP) is 5.95. The van der Waals surface area contributed by atoms with Crippen LogP contribution in [-0.4, -0.2) is 19.9 Å². The molecule has 3 aliphatic rings. The molecule has 0 atom stereocenters. The molecule has 3 aliphatic heterocycles. The second-order valence-corrected chi connectivity index (χ2v) is 8.28. The van der Waals surface area contributed by atoms with E-state index in [0.717, 1.165) is 57.9 Å². The molecule has 33 heavy (non-hydrogen) atoms. The van der Waals surface area contributed by atoms with E-state index >= 15 is 0 Å². The molecule has 5 heteroatoms. The number of nitrogens with zero attached hydrogens (tertiary/aromatic N) is 2. The Balaban J connectivity index is 0.000000192. The van der Waals surface area contributed by atoms with Gasteiger partial charge in [-0.25, -0.2) is 9.97 Å². The van der Waals surface area contributed by atoms with E-state index in [2.05, 4.69) is 79.9 Å². The number of nitrogens with one attached hydrogen (secondary N) is 3. The van der Waals surface area contributed by atoms with Gasteiger partial charge in [0.2, 0.25) is 0 Å². The van der Waals surface area contributed by atoms with Gasteiger partial charge in [-0.3, -0.25) is 0 Å². The summed E-state index contributed by atoms with van der Waals surface area (Å²) in [5.74, 6) is 0. The molecule has 0 aliphatic carbocycles. The Hall–Kier alpha value is -4.22. The molecule has 0 fully saturated rings. The quantitative estimate of drug-likeness (QED) is 0.280. The normalized spacial score (nSPS) is 13.5. The minimum Gasteiger partial charge on any atom is -0.355 e. The lowest BCUT2D eigenvalue weighted by Crippen LogP contribution is -1.99. The van der Waals surface area contributed by atoms with Crippen molar-refractivity contribution < 1.29 is 0 Å². The van der Waals surface area contributed by atoms with Crippen LogP contribution in [0.15, 0.2) is 72.8 Å². The second kappa shape index (κ2) is 8.37. The molecule has 0 unspecified atom stereocenters. The van der Waals surface area contributed by atoms with Gasteiger partial charge in [0.05, 0.1) is 22.8 Å².